The van der Waals surface area contributed by atoms with Crippen LogP contribution in [0.25, 0.3) is 115 Å². The van der Waals surface area contributed by atoms with Crippen LogP contribution in [-0.4, -0.2) is 4.57 Å². The molecule has 0 spiro atoms. The Balaban J connectivity index is 0.930. The lowest BCUT2D eigenvalue weighted by atomic mass is 9.93. The molecule has 0 bridgehead atoms. The van der Waals surface area contributed by atoms with Crippen LogP contribution in [0.3, 0.4) is 0 Å². The van der Waals surface area contributed by atoms with E-state index in [1.54, 1.807) is 0 Å². The van der Waals surface area contributed by atoms with Crippen LogP contribution in [0.2, 0.25) is 0 Å². The third kappa shape index (κ3) is 6.82. The van der Waals surface area contributed by atoms with Crippen LogP contribution < -0.4 is 4.90 Å². The summed E-state index contributed by atoms with van der Waals surface area (Å²) in [5.41, 5.74) is 17.5. The Morgan fingerprint density at radius 2 is 0.817 bits per heavy atom. The smallest absolute Gasteiger partial charge is 0.145 e. The van der Waals surface area contributed by atoms with Crippen LogP contribution in [0.5, 0.6) is 0 Å². The second-order valence-corrected chi connectivity index (χ2v) is 18.4. The maximum absolute atomic E-state index is 7.01. The number of anilines is 3. The van der Waals surface area contributed by atoms with Gasteiger partial charge >= 0.3 is 0 Å². The van der Waals surface area contributed by atoms with Gasteiger partial charge in [0.25, 0.3) is 0 Å². The fourth-order valence-corrected chi connectivity index (χ4v) is 11.0. The van der Waals surface area contributed by atoms with Gasteiger partial charge in [-0.3, -0.25) is 0 Å². The molecule has 0 aliphatic heterocycles. The van der Waals surface area contributed by atoms with Crippen LogP contribution in [0.15, 0.2) is 271 Å². The molecule has 0 N–H and O–H groups in total. The Labute approximate surface area is 411 Å². The van der Waals surface area contributed by atoms with E-state index < -0.39 is 0 Å². The van der Waals surface area contributed by atoms with Gasteiger partial charge in [0.15, 0.2) is 0 Å². The molecule has 3 nitrogen and oxygen atoms in total. The van der Waals surface area contributed by atoms with Crippen LogP contribution in [0.1, 0.15) is 0 Å². The molecular formula is C68H44N2O. The van der Waals surface area contributed by atoms with Crippen molar-refractivity contribution >= 4 is 82.4 Å². The zero-order valence-electron chi connectivity index (χ0n) is 38.7. The Morgan fingerprint density at radius 1 is 0.310 bits per heavy atom. The van der Waals surface area contributed by atoms with Gasteiger partial charge in [-0.2, -0.15) is 0 Å². The number of hydrogen-bond acceptors (Lipinski definition) is 2. The Morgan fingerprint density at radius 3 is 1.49 bits per heavy atom. The van der Waals surface area contributed by atoms with Crippen molar-refractivity contribution in [1.29, 1.82) is 0 Å². The lowest BCUT2D eigenvalue weighted by Gasteiger charge is -2.27. The zero-order chi connectivity index (χ0) is 46.8. The third-order valence-electron chi connectivity index (χ3n) is 14.4. The van der Waals surface area contributed by atoms with Crippen molar-refractivity contribution in [3.8, 4) is 50.2 Å². The minimum absolute atomic E-state index is 0.849. The van der Waals surface area contributed by atoms with Crippen molar-refractivity contribution in [3.05, 3.63) is 267 Å². The number of benzene rings is 12. The molecule has 332 valence electrons. The quantitative estimate of drug-likeness (QED) is 0.142. The molecular weight excluding hydrogens is 861 g/mol. The van der Waals surface area contributed by atoms with E-state index >= 15 is 0 Å². The molecule has 0 saturated heterocycles. The number of rotatable bonds is 8. The van der Waals surface area contributed by atoms with E-state index in [0.717, 1.165) is 61.4 Å². The number of nitrogens with zero attached hydrogens (tertiary/aromatic N) is 2. The number of hydrogen-bond donors (Lipinski definition) is 0. The van der Waals surface area contributed by atoms with E-state index in [0.29, 0.717) is 0 Å². The van der Waals surface area contributed by atoms with Gasteiger partial charge in [0.05, 0.1) is 22.1 Å². The highest BCUT2D eigenvalue weighted by molar-refractivity contribution is 6.18. The van der Waals surface area contributed by atoms with Gasteiger partial charge in [0, 0.05) is 38.8 Å². The SMILES string of the molecule is c1ccc(-c2ccc(-c3ccc(N(c4ccc(-c5cc6ccccc6c6ccccc56)cc4)c4ccc(-c5cccc(-n6c7ccccc7c7ccccc76)c5)c5oc6ccccc6c45)cc3)cc2)cc1. The van der Waals surface area contributed by atoms with Crippen molar-refractivity contribution in [3.63, 3.8) is 0 Å². The predicted octanol–water partition coefficient (Wildman–Crippen LogP) is 19.1. The normalized spacial score (nSPS) is 11.7. The Kier molecular flexibility index (Phi) is 9.53. The highest BCUT2D eigenvalue weighted by Crippen LogP contribution is 2.47. The van der Waals surface area contributed by atoms with Gasteiger partial charge in [-0.15, -0.1) is 0 Å². The first-order valence-electron chi connectivity index (χ1n) is 24.3. The van der Waals surface area contributed by atoms with Crippen molar-refractivity contribution in [2.75, 3.05) is 4.90 Å². The van der Waals surface area contributed by atoms with Crippen molar-refractivity contribution in [1.82, 2.24) is 4.57 Å². The molecule has 0 amide bonds. The Hall–Kier alpha value is -9.44. The summed E-state index contributed by atoms with van der Waals surface area (Å²) >= 11 is 0. The molecule has 3 heteroatoms. The van der Waals surface area contributed by atoms with E-state index in [9.17, 15) is 0 Å². The minimum atomic E-state index is 0.849. The maximum Gasteiger partial charge on any atom is 0.145 e. The lowest BCUT2D eigenvalue weighted by Crippen LogP contribution is -2.10. The molecule has 0 unspecified atom stereocenters. The predicted molar refractivity (Wildman–Crippen MR) is 299 cm³/mol. The standard InChI is InChI=1S/C68H44N2O/c1-2-15-45(16-3-1)46-29-31-47(32-30-46)48-33-37-52(38-34-48)69(53-39-35-49(36-40-53)62-44-51-17-4-5-20-55(51)57-21-6-7-22-58(57)62)65-42-41-56(68-67(65)61-25-10-13-28-66(61)71-68)50-18-14-19-54(43-50)70-63-26-11-8-23-59(63)60-24-9-12-27-64(60)70/h1-44H. The third-order valence-corrected chi connectivity index (χ3v) is 14.4. The molecule has 0 fully saturated rings. The summed E-state index contributed by atoms with van der Waals surface area (Å²) in [4.78, 5) is 2.40. The van der Waals surface area contributed by atoms with E-state index in [4.69, 9.17) is 4.42 Å². The van der Waals surface area contributed by atoms with E-state index in [1.807, 2.05) is 0 Å². The zero-order valence-corrected chi connectivity index (χ0v) is 38.7. The Bertz CT molecular complexity index is 4260. The molecule has 2 heterocycles. The molecule has 0 saturated carbocycles. The van der Waals surface area contributed by atoms with Gasteiger partial charge < -0.3 is 13.9 Å². The van der Waals surface area contributed by atoms with Crippen LogP contribution in [0.4, 0.5) is 17.1 Å². The molecule has 2 aromatic heterocycles. The van der Waals surface area contributed by atoms with Crippen molar-refractivity contribution in [2.24, 2.45) is 0 Å². The molecule has 14 aromatic rings. The van der Waals surface area contributed by atoms with Crippen molar-refractivity contribution in [2.45, 2.75) is 0 Å². The van der Waals surface area contributed by atoms with Gasteiger partial charge in [0.1, 0.15) is 11.2 Å². The summed E-state index contributed by atoms with van der Waals surface area (Å²) < 4.78 is 9.39. The summed E-state index contributed by atoms with van der Waals surface area (Å²) in [5, 5.41) is 9.61. The summed E-state index contributed by atoms with van der Waals surface area (Å²) in [6.45, 7) is 0. The number of fused-ring (bicyclic) bond motifs is 9. The molecule has 12 aromatic carbocycles. The minimum Gasteiger partial charge on any atom is -0.455 e. The number of furan rings is 1. The second-order valence-electron chi connectivity index (χ2n) is 18.4. The molecule has 71 heavy (non-hydrogen) atoms. The fraction of sp³-hybridized carbons (Fsp3) is 0. The fourth-order valence-electron chi connectivity index (χ4n) is 11.0. The van der Waals surface area contributed by atoms with Crippen LogP contribution in [-0.2, 0) is 0 Å². The second kappa shape index (κ2) is 16.7. The van der Waals surface area contributed by atoms with Crippen LogP contribution >= 0.6 is 0 Å². The molecule has 14 rings (SSSR count). The van der Waals surface area contributed by atoms with E-state index in [1.165, 1.54) is 71.2 Å². The number of para-hydroxylation sites is 3. The average Bonchev–Trinajstić information content (AvgIpc) is 4.01. The van der Waals surface area contributed by atoms with Crippen LogP contribution in [0, 0.1) is 0 Å². The summed E-state index contributed by atoms with van der Waals surface area (Å²) in [5.74, 6) is 0. The molecule has 0 aliphatic carbocycles. The van der Waals surface area contributed by atoms with E-state index in [2.05, 4.69) is 276 Å². The number of aromatic nitrogens is 1. The first-order valence-corrected chi connectivity index (χ1v) is 24.3. The van der Waals surface area contributed by atoms with Gasteiger partial charge in [-0.05, 0) is 133 Å². The molecule has 0 aliphatic rings. The van der Waals surface area contributed by atoms with Crippen molar-refractivity contribution < 1.29 is 4.42 Å². The molecule has 0 radical (unpaired) electrons. The van der Waals surface area contributed by atoms with Gasteiger partial charge in [0.2, 0.25) is 0 Å². The summed E-state index contributed by atoms with van der Waals surface area (Å²) in [6, 6.07) is 96.6. The van der Waals surface area contributed by atoms with E-state index in [-0.39, 0.29) is 0 Å². The van der Waals surface area contributed by atoms with Gasteiger partial charge in [-0.25, -0.2) is 0 Å². The largest absolute Gasteiger partial charge is 0.455 e. The summed E-state index contributed by atoms with van der Waals surface area (Å²) in [6.07, 6.45) is 0. The lowest BCUT2D eigenvalue weighted by molar-refractivity contribution is 0.670. The average molecular weight is 905 g/mol. The highest BCUT2D eigenvalue weighted by atomic mass is 16.3. The summed E-state index contributed by atoms with van der Waals surface area (Å²) in [7, 11) is 0. The molecule has 0 atom stereocenters. The van der Waals surface area contributed by atoms with Gasteiger partial charge in [-0.1, -0.05) is 194 Å². The first kappa shape index (κ1) is 40.6. The maximum atomic E-state index is 7.01. The first-order chi connectivity index (χ1) is 35.2. The highest BCUT2D eigenvalue weighted by Gasteiger charge is 2.23. The topological polar surface area (TPSA) is 21.3 Å². The monoisotopic (exact) mass is 904 g/mol.